The van der Waals surface area contributed by atoms with Crippen LogP contribution in [0.3, 0.4) is 0 Å². The standard InChI is InChI=1S/C24H32F2N2O/c1-3-10-27-12-9-21(13-17(27)2)28-11-8-20(15-28)22-14-19(24(25)26)6-7-23(22)29-16-18-4-5-18/h3,6-8,10,14,17-18,21,24H,4-5,9,11-13,15-16H2,1-2H3. The van der Waals surface area contributed by atoms with Crippen LogP contribution in [0.5, 0.6) is 5.75 Å². The van der Waals surface area contributed by atoms with E-state index in [1.807, 2.05) is 0 Å². The molecule has 1 aromatic carbocycles. The lowest BCUT2D eigenvalue weighted by Crippen LogP contribution is -2.46. The van der Waals surface area contributed by atoms with Crippen LogP contribution in [-0.2, 0) is 0 Å². The zero-order valence-corrected chi connectivity index (χ0v) is 17.5. The first-order valence-corrected chi connectivity index (χ1v) is 10.9. The lowest BCUT2D eigenvalue weighted by molar-refractivity contribution is 0.121. The first-order valence-electron chi connectivity index (χ1n) is 10.9. The summed E-state index contributed by atoms with van der Waals surface area (Å²) in [5.74, 6) is 1.39. The van der Waals surface area contributed by atoms with Crippen LogP contribution < -0.4 is 4.74 Å². The van der Waals surface area contributed by atoms with Crippen LogP contribution >= 0.6 is 0 Å². The largest absolute Gasteiger partial charge is 0.493 e. The smallest absolute Gasteiger partial charge is 0.263 e. The van der Waals surface area contributed by atoms with Crippen molar-refractivity contribution in [3.05, 3.63) is 47.7 Å². The molecule has 2 aliphatic heterocycles. The first-order chi connectivity index (χ1) is 14.0. The Balaban J connectivity index is 1.45. The van der Waals surface area contributed by atoms with Gasteiger partial charge in [0.15, 0.2) is 0 Å². The van der Waals surface area contributed by atoms with Crippen LogP contribution in [0.4, 0.5) is 8.78 Å². The third-order valence-corrected chi connectivity index (χ3v) is 6.48. The van der Waals surface area contributed by atoms with Gasteiger partial charge in [-0.3, -0.25) is 4.90 Å². The van der Waals surface area contributed by atoms with Crippen LogP contribution in [0.1, 0.15) is 57.1 Å². The molecule has 1 aliphatic carbocycles. The van der Waals surface area contributed by atoms with E-state index in [1.165, 1.54) is 18.9 Å². The number of hydrogen-bond acceptors (Lipinski definition) is 3. The van der Waals surface area contributed by atoms with Gasteiger partial charge in [0.1, 0.15) is 5.75 Å². The highest BCUT2D eigenvalue weighted by atomic mass is 19.3. The summed E-state index contributed by atoms with van der Waals surface area (Å²) in [4.78, 5) is 4.91. The fourth-order valence-electron chi connectivity index (χ4n) is 4.51. The number of likely N-dealkylation sites (tertiary alicyclic amines) is 1. The van der Waals surface area contributed by atoms with Gasteiger partial charge in [-0.25, -0.2) is 8.78 Å². The second-order valence-electron chi connectivity index (χ2n) is 8.72. The van der Waals surface area contributed by atoms with E-state index in [-0.39, 0.29) is 5.56 Å². The number of rotatable bonds is 7. The Kier molecular flexibility index (Phi) is 6.23. The molecule has 29 heavy (non-hydrogen) atoms. The molecular weight excluding hydrogens is 370 g/mol. The molecule has 0 bridgehead atoms. The molecule has 0 N–H and O–H groups in total. The monoisotopic (exact) mass is 402 g/mol. The molecule has 1 aromatic rings. The average molecular weight is 403 g/mol. The maximum atomic E-state index is 13.3. The Labute approximate surface area is 173 Å². The van der Waals surface area contributed by atoms with E-state index in [0.29, 0.717) is 24.6 Å². The number of ether oxygens (including phenoxy) is 1. The van der Waals surface area contributed by atoms with Gasteiger partial charge in [0.05, 0.1) is 6.61 Å². The van der Waals surface area contributed by atoms with E-state index in [0.717, 1.165) is 49.4 Å². The third-order valence-electron chi connectivity index (χ3n) is 6.48. The highest BCUT2D eigenvalue weighted by Gasteiger charge is 2.31. The number of benzene rings is 1. The summed E-state index contributed by atoms with van der Waals surface area (Å²) in [5.41, 5.74) is 2.05. The summed E-state index contributed by atoms with van der Waals surface area (Å²) in [7, 11) is 0. The van der Waals surface area contributed by atoms with Gasteiger partial charge in [-0.05, 0) is 75.4 Å². The molecule has 5 heteroatoms. The highest BCUT2D eigenvalue weighted by molar-refractivity contribution is 5.74. The van der Waals surface area contributed by atoms with Gasteiger partial charge >= 0.3 is 0 Å². The van der Waals surface area contributed by atoms with Crippen molar-refractivity contribution in [2.24, 2.45) is 5.92 Å². The van der Waals surface area contributed by atoms with E-state index < -0.39 is 6.43 Å². The molecule has 2 fully saturated rings. The molecule has 3 aliphatic rings. The fraction of sp³-hybridized carbons (Fsp3) is 0.583. The van der Waals surface area contributed by atoms with E-state index >= 15 is 0 Å². The van der Waals surface area contributed by atoms with Gasteiger partial charge in [0, 0.05) is 42.8 Å². The topological polar surface area (TPSA) is 15.7 Å². The van der Waals surface area contributed by atoms with E-state index in [2.05, 4.69) is 42.0 Å². The number of alkyl halides is 2. The van der Waals surface area contributed by atoms with Crippen LogP contribution in [-0.4, -0.2) is 48.1 Å². The van der Waals surface area contributed by atoms with Crippen molar-refractivity contribution < 1.29 is 13.5 Å². The molecule has 2 heterocycles. The number of halogens is 2. The number of piperidine rings is 1. The molecular formula is C24H32F2N2O. The van der Waals surface area contributed by atoms with Crippen molar-refractivity contribution in [2.45, 2.75) is 58.0 Å². The van der Waals surface area contributed by atoms with Crippen molar-refractivity contribution in [3.8, 4) is 5.75 Å². The van der Waals surface area contributed by atoms with E-state index in [9.17, 15) is 8.78 Å². The summed E-state index contributed by atoms with van der Waals surface area (Å²) < 4.78 is 32.7. The van der Waals surface area contributed by atoms with Gasteiger partial charge in [-0.2, -0.15) is 0 Å². The van der Waals surface area contributed by atoms with Gasteiger partial charge in [0.25, 0.3) is 6.43 Å². The zero-order chi connectivity index (χ0) is 20.4. The summed E-state index contributed by atoms with van der Waals surface area (Å²) in [6.07, 6.45) is 8.74. The summed E-state index contributed by atoms with van der Waals surface area (Å²) >= 11 is 0. The molecule has 2 unspecified atom stereocenters. The molecule has 0 spiro atoms. The van der Waals surface area contributed by atoms with Gasteiger partial charge < -0.3 is 9.64 Å². The molecule has 2 atom stereocenters. The normalized spacial score (nSPS) is 25.8. The Hall–Kier alpha value is -1.88. The number of allylic oxidation sites excluding steroid dienone is 1. The predicted molar refractivity (Wildman–Crippen MR) is 113 cm³/mol. The predicted octanol–water partition coefficient (Wildman–Crippen LogP) is 5.50. The quantitative estimate of drug-likeness (QED) is 0.599. The van der Waals surface area contributed by atoms with Gasteiger partial charge in [0.2, 0.25) is 0 Å². The van der Waals surface area contributed by atoms with Crippen LogP contribution in [0.25, 0.3) is 5.57 Å². The minimum atomic E-state index is -2.46. The second-order valence-corrected chi connectivity index (χ2v) is 8.72. The van der Waals surface area contributed by atoms with Gasteiger partial charge in [-0.1, -0.05) is 12.2 Å². The molecule has 158 valence electrons. The second kappa shape index (κ2) is 8.86. The van der Waals surface area contributed by atoms with Crippen molar-refractivity contribution in [3.63, 3.8) is 0 Å². The van der Waals surface area contributed by atoms with Crippen molar-refractivity contribution >= 4 is 5.57 Å². The lowest BCUT2D eigenvalue weighted by atomic mass is 9.97. The molecule has 0 amide bonds. The molecule has 3 nitrogen and oxygen atoms in total. The Morgan fingerprint density at radius 2 is 2.07 bits per heavy atom. The van der Waals surface area contributed by atoms with Crippen LogP contribution in [0, 0.1) is 5.92 Å². The van der Waals surface area contributed by atoms with Gasteiger partial charge in [-0.15, -0.1) is 0 Å². The van der Waals surface area contributed by atoms with Crippen molar-refractivity contribution in [1.82, 2.24) is 9.80 Å². The van der Waals surface area contributed by atoms with Crippen LogP contribution in [0.15, 0.2) is 36.6 Å². The number of hydrogen-bond donors (Lipinski definition) is 0. The summed E-state index contributed by atoms with van der Waals surface area (Å²) in [6.45, 7) is 7.81. The maximum absolute atomic E-state index is 13.3. The third kappa shape index (κ3) is 4.82. The number of nitrogens with zero attached hydrogens (tertiary/aromatic N) is 2. The average Bonchev–Trinajstić information content (AvgIpc) is 3.42. The SMILES string of the molecule is CC=CN1CCC(N2CC=C(c3cc(C(F)F)ccc3OCC3CC3)C2)CC1C. The zero-order valence-electron chi connectivity index (χ0n) is 17.5. The fourth-order valence-corrected chi connectivity index (χ4v) is 4.51. The Morgan fingerprint density at radius 1 is 1.24 bits per heavy atom. The Bertz CT molecular complexity index is 772. The molecule has 4 rings (SSSR count). The van der Waals surface area contributed by atoms with E-state index in [4.69, 9.17) is 4.74 Å². The minimum absolute atomic E-state index is 0.0754. The molecule has 0 aromatic heterocycles. The highest BCUT2D eigenvalue weighted by Crippen LogP contribution is 2.37. The lowest BCUT2D eigenvalue weighted by Gasteiger charge is -2.41. The molecule has 1 saturated heterocycles. The van der Waals surface area contributed by atoms with E-state index in [1.54, 1.807) is 12.1 Å². The molecule has 1 saturated carbocycles. The first kappa shape index (κ1) is 20.4. The van der Waals surface area contributed by atoms with Crippen LogP contribution in [0.2, 0.25) is 0 Å². The Morgan fingerprint density at radius 3 is 2.76 bits per heavy atom. The maximum Gasteiger partial charge on any atom is 0.263 e. The minimum Gasteiger partial charge on any atom is -0.493 e. The van der Waals surface area contributed by atoms with Crippen molar-refractivity contribution in [2.75, 3.05) is 26.2 Å². The summed E-state index contributed by atoms with van der Waals surface area (Å²) in [5, 5.41) is 0. The van der Waals surface area contributed by atoms with Crippen molar-refractivity contribution in [1.29, 1.82) is 0 Å². The molecule has 0 radical (unpaired) electrons. The summed E-state index contributed by atoms with van der Waals surface area (Å²) in [6, 6.07) is 5.94.